The minimum absolute atomic E-state index is 0. The highest BCUT2D eigenvalue weighted by Gasteiger charge is 2.44. The molecule has 2 fully saturated rings. The van der Waals surface area contributed by atoms with Gasteiger partial charge in [0.25, 0.3) is 0 Å². The fourth-order valence-electron chi connectivity index (χ4n) is 2.01. The molecule has 6 heteroatoms. The molecule has 17 heavy (non-hydrogen) atoms. The number of aliphatic hydroxyl groups is 1. The van der Waals surface area contributed by atoms with E-state index in [0.29, 0.717) is 13.2 Å². The van der Waals surface area contributed by atoms with Gasteiger partial charge in [-0.15, -0.1) is 17.0 Å². The van der Waals surface area contributed by atoms with E-state index in [1.54, 1.807) is 0 Å². The van der Waals surface area contributed by atoms with Gasteiger partial charge in [-0.25, -0.2) is 0 Å². The lowest BCUT2D eigenvalue weighted by Gasteiger charge is -2.24. The molecule has 0 aromatic carbocycles. The van der Waals surface area contributed by atoms with E-state index >= 15 is 0 Å². The number of rotatable bonds is 2. The molecule has 2 saturated heterocycles. The molecule has 0 aromatic rings. The molecule has 1 N–H and O–H groups in total. The Hall–Kier alpha value is 0.280. The molecule has 2 atom stereocenters. The van der Waals surface area contributed by atoms with Crippen LogP contribution in [-0.4, -0.2) is 48.2 Å². The van der Waals surface area contributed by atoms with Crippen LogP contribution in [0, 0.1) is 0 Å². The summed E-state index contributed by atoms with van der Waals surface area (Å²) in [4.78, 5) is 0. The van der Waals surface area contributed by atoms with Gasteiger partial charge in [0.1, 0.15) is 18.3 Å². The number of aliphatic hydroxyl groups excluding tert-OH is 1. The fraction of sp³-hybridized carbons (Fsp3) is 1.00. The van der Waals surface area contributed by atoms with Gasteiger partial charge in [-0.1, -0.05) is 0 Å². The van der Waals surface area contributed by atoms with E-state index in [2.05, 4.69) is 0 Å². The molecule has 0 aromatic heterocycles. The van der Waals surface area contributed by atoms with E-state index < -0.39 is 17.7 Å². The molecule has 102 valence electrons. The van der Waals surface area contributed by atoms with E-state index in [-0.39, 0.29) is 29.2 Å². The third kappa shape index (κ3) is 3.62. The SMILES string of the molecule is Br.CC1(C)OCC(C(O)C2COC(C)(C)O2)O1. The van der Waals surface area contributed by atoms with Gasteiger partial charge < -0.3 is 24.1 Å². The van der Waals surface area contributed by atoms with Crippen LogP contribution in [0.5, 0.6) is 0 Å². The first-order valence-corrected chi connectivity index (χ1v) is 5.61. The number of hydrogen-bond donors (Lipinski definition) is 1. The average Bonchev–Trinajstić information content (AvgIpc) is 2.68. The second-order valence-electron chi connectivity index (χ2n) is 5.22. The van der Waals surface area contributed by atoms with Crippen LogP contribution in [0.2, 0.25) is 0 Å². The zero-order chi connectivity index (χ0) is 12.0. The fourth-order valence-corrected chi connectivity index (χ4v) is 2.01. The van der Waals surface area contributed by atoms with Crippen LogP contribution in [0.15, 0.2) is 0 Å². The maximum Gasteiger partial charge on any atom is 0.163 e. The highest BCUT2D eigenvalue weighted by Crippen LogP contribution is 2.30. The standard InChI is InChI=1S/C11H20O5.BrH/c1-10(2)13-5-7(15-10)9(12)8-6-14-11(3,4)16-8;/h7-9,12H,5-6H2,1-4H3;1H. The highest BCUT2D eigenvalue weighted by atomic mass is 79.9. The summed E-state index contributed by atoms with van der Waals surface area (Å²) >= 11 is 0. The Labute approximate surface area is 112 Å². The Kier molecular flexibility index (Phi) is 4.61. The second-order valence-corrected chi connectivity index (χ2v) is 5.22. The predicted molar refractivity (Wildman–Crippen MR) is 66.1 cm³/mol. The van der Waals surface area contributed by atoms with Gasteiger partial charge >= 0.3 is 0 Å². The maximum absolute atomic E-state index is 10.1. The largest absolute Gasteiger partial charge is 0.388 e. The molecule has 2 aliphatic rings. The minimum Gasteiger partial charge on any atom is -0.388 e. The van der Waals surface area contributed by atoms with Crippen LogP contribution in [0.3, 0.4) is 0 Å². The van der Waals surface area contributed by atoms with Crippen LogP contribution in [0.25, 0.3) is 0 Å². The Morgan fingerprint density at radius 3 is 1.53 bits per heavy atom. The second kappa shape index (κ2) is 5.11. The first kappa shape index (κ1) is 15.3. The average molecular weight is 313 g/mol. The zero-order valence-corrected chi connectivity index (χ0v) is 12.3. The lowest BCUT2D eigenvalue weighted by Crippen LogP contribution is -2.41. The van der Waals surface area contributed by atoms with Gasteiger partial charge in [-0.2, -0.15) is 0 Å². The summed E-state index contributed by atoms with van der Waals surface area (Å²) in [5, 5.41) is 10.1. The molecule has 2 rings (SSSR count). The van der Waals surface area contributed by atoms with Crippen molar-refractivity contribution in [1.82, 2.24) is 0 Å². The van der Waals surface area contributed by atoms with Crippen molar-refractivity contribution in [3.63, 3.8) is 0 Å². The van der Waals surface area contributed by atoms with Crippen molar-refractivity contribution in [2.75, 3.05) is 13.2 Å². The number of ether oxygens (including phenoxy) is 4. The Balaban J connectivity index is 0.00000144. The van der Waals surface area contributed by atoms with Crippen molar-refractivity contribution in [3.05, 3.63) is 0 Å². The van der Waals surface area contributed by atoms with Crippen molar-refractivity contribution >= 4 is 17.0 Å². The molecule has 0 amide bonds. The molecule has 0 radical (unpaired) electrons. The smallest absolute Gasteiger partial charge is 0.163 e. The monoisotopic (exact) mass is 312 g/mol. The van der Waals surface area contributed by atoms with Gasteiger partial charge in [0.2, 0.25) is 0 Å². The van der Waals surface area contributed by atoms with Crippen molar-refractivity contribution < 1.29 is 24.1 Å². The Morgan fingerprint density at radius 2 is 1.29 bits per heavy atom. The summed E-state index contributed by atoms with van der Waals surface area (Å²) in [6.45, 7) is 8.08. The molecule has 2 unspecified atom stereocenters. The Bertz CT molecular complexity index is 243. The quantitative estimate of drug-likeness (QED) is 0.831. The van der Waals surface area contributed by atoms with Crippen LogP contribution >= 0.6 is 17.0 Å². The van der Waals surface area contributed by atoms with Gasteiger partial charge in [0, 0.05) is 0 Å². The van der Waals surface area contributed by atoms with Crippen molar-refractivity contribution in [3.8, 4) is 0 Å². The van der Waals surface area contributed by atoms with Gasteiger partial charge in [0.15, 0.2) is 11.6 Å². The molecule has 2 heterocycles. The summed E-state index contributed by atoms with van der Waals surface area (Å²) in [6.07, 6.45) is -1.42. The molecule has 0 bridgehead atoms. The minimum atomic E-state index is -0.719. The van der Waals surface area contributed by atoms with E-state index in [9.17, 15) is 5.11 Å². The predicted octanol–water partition coefficient (Wildman–Crippen LogP) is 1.23. The third-order valence-corrected chi connectivity index (χ3v) is 2.82. The third-order valence-electron chi connectivity index (χ3n) is 2.82. The topological polar surface area (TPSA) is 57.2 Å². The summed E-state index contributed by atoms with van der Waals surface area (Å²) < 4.78 is 22.0. The van der Waals surface area contributed by atoms with Crippen molar-refractivity contribution in [1.29, 1.82) is 0 Å². The van der Waals surface area contributed by atoms with Gasteiger partial charge in [-0.05, 0) is 27.7 Å². The molecule has 0 aliphatic carbocycles. The molecule has 2 aliphatic heterocycles. The van der Waals surface area contributed by atoms with E-state index in [1.807, 2.05) is 27.7 Å². The van der Waals surface area contributed by atoms with Crippen molar-refractivity contribution in [2.45, 2.75) is 57.6 Å². The zero-order valence-electron chi connectivity index (χ0n) is 10.6. The summed E-state index contributed by atoms with van der Waals surface area (Å²) in [5.41, 5.74) is 0. The number of halogens is 1. The van der Waals surface area contributed by atoms with E-state index in [0.717, 1.165) is 0 Å². The first-order chi connectivity index (χ1) is 7.29. The van der Waals surface area contributed by atoms with Crippen LogP contribution in [0.4, 0.5) is 0 Å². The molecule has 5 nitrogen and oxygen atoms in total. The van der Waals surface area contributed by atoms with Crippen molar-refractivity contribution in [2.24, 2.45) is 0 Å². The van der Waals surface area contributed by atoms with Gasteiger partial charge in [0.05, 0.1) is 13.2 Å². The Morgan fingerprint density at radius 1 is 0.941 bits per heavy atom. The molecular formula is C11H21BrO5. The summed E-state index contributed by atoms with van der Waals surface area (Å²) in [7, 11) is 0. The maximum atomic E-state index is 10.1. The van der Waals surface area contributed by atoms with E-state index in [1.165, 1.54) is 0 Å². The molecular weight excluding hydrogens is 292 g/mol. The lowest BCUT2D eigenvalue weighted by molar-refractivity contribution is -0.178. The molecule has 0 saturated carbocycles. The van der Waals surface area contributed by atoms with Crippen LogP contribution in [-0.2, 0) is 18.9 Å². The van der Waals surface area contributed by atoms with Crippen LogP contribution in [0.1, 0.15) is 27.7 Å². The lowest BCUT2D eigenvalue weighted by atomic mass is 10.1. The normalized spacial score (nSPS) is 36.5. The van der Waals surface area contributed by atoms with Crippen LogP contribution < -0.4 is 0 Å². The van der Waals surface area contributed by atoms with Gasteiger partial charge in [-0.3, -0.25) is 0 Å². The highest BCUT2D eigenvalue weighted by molar-refractivity contribution is 8.93. The van der Waals surface area contributed by atoms with E-state index in [4.69, 9.17) is 18.9 Å². The first-order valence-electron chi connectivity index (χ1n) is 5.61. The summed E-state index contributed by atoms with van der Waals surface area (Å²) in [6, 6.07) is 0. The number of hydrogen-bond acceptors (Lipinski definition) is 5. The molecule has 0 spiro atoms. The summed E-state index contributed by atoms with van der Waals surface area (Å²) in [5.74, 6) is -1.25.